The van der Waals surface area contributed by atoms with Gasteiger partial charge in [-0.1, -0.05) is 29.3 Å². The summed E-state index contributed by atoms with van der Waals surface area (Å²) in [5.74, 6) is -0.176. The van der Waals surface area contributed by atoms with Crippen LogP contribution < -0.4 is 0 Å². The Morgan fingerprint density at radius 2 is 1.71 bits per heavy atom. The summed E-state index contributed by atoms with van der Waals surface area (Å²) >= 11 is 11.7. The second-order valence-corrected chi connectivity index (χ2v) is 4.75. The summed E-state index contributed by atoms with van der Waals surface area (Å²) < 4.78 is 0. The molecule has 0 atom stereocenters. The highest BCUT2D eigenvalue weighted by Crippen LogP contribution is 2.23. The van der Waals surface area contributed by atoms with E-state index in [1.54, 1.807) is 12.1 Å². The first-order chi connectivity index (χ1) is 8.08. The van der Waals surface area contributed by atoms with Gasteiger partial charge >= 0.3 is 0 Å². The summed E-state index contributed by atoms with van der Waals surface area (Å²) in [6.07, 6.45) is 1.27. The van der Waals surface area contributed by atoms with Crippen LogP contribution in [0.1, 0.15) is 18.4 Å². The Labute approximate surface area is 109 Å². The topological polar surface area (TPSA) is 37.4 Å². The standard InChI is InChI=1S/C12H11Cl2NO2/c13-9-2-1-8(7-10(9)14)5-6-15-11(16)3-4-12(15)17/h1-2,7H,3-6H2. The number of imide groups is 1. The number of hydrogen-bond donors (Lipinski definition) is 0. The third-order valence-corrected chi connectivity index (χ3v) is 3.50. The molecule has 0 saturated carbocycles. The van der Waals surface area contributed by atoms with Crippen LogP contribution >= 0.6 is 23.2 Å². The lowest BCUT2D eigenvalue weighted by Crippen LogP contribution is -2.31. The molecule has 0 N–H and O–H groups in total. The van der Waals surface area contributed by atoms with E-state index in [2.05, 4.69) is 0 Å². The Morgan fingerprint density at radius 1 is 1.06 bits per heavy atom. The fraction of sp³-hybridized carbons (Fsp3) is 0.333. The highest BCUT2D eigenvalue weighted by atomic mass is 35.5. The molecule has 3 nitrogen and oxygen atoms in total. The average molecular weight is 272 g/mol. The molecule has 1 fully saturated rings. The quantitative estimate of drug-likeness (QED) is 0.793. The lowest BCUT2D eigenvalue weighted by Gasteiger charge is -2.13. The molecule has 5 heteroatoms. The Kier molecular flexibility index (Phi) is 3.69. The maximum atomic E-state index is 11.4. The van der Waals surface area contributed by atoms with Crippen LogP contribution in [0, 0.1) is 0 Å². The van der Waals surface area contributed by atoms with Crippen LogP contribution in [0.2, 0.25) is 10.0 Å². The molecule has 1 aliphatic heterocycles. The lowest BCUT2D eigenvalue weighted by molar-refractivity contribution is -0.138. The van der Waals surface area contributed by atoms with Gasteiger partial charge in [0.25, 0.3) is 0 Å². The van der Waals surface area contributed by atoms with Crippen LogP contribution in [0.15, 0.2) is 18.2 Å². The molecule has 0 radical (unpaired) electrons. The molecule has 0 unspecified atom stereocenters. The fourth-order valence-electron chi connectivity index (χ4n) is 1.81. The third-order valence-electron chi connectivity index (χ3n) is 2.76. The van der Waals surface area contributed by atoms with Gasteiger partial charge in [0.05, 0.1) is 10.0 Å². The number of amides is 2. The molecule has 2 rings (SSSR count). The molecular formula is C12H11Cl2NO2. The van der Waals surface area contributed by atoms with Crippen molar-refractivity contribution >= 4 is 35.0 Å². The van der Waals surface area contributed by atoms with Gasteiger partial charge in [0.1, 0.15) is 0 Å². The largest absolute Gasteiger partial charge is 0.282 e. The van der Waals surface area contributed by atoms with E-state index in [1.807, 2.05) is 6.07 Å². The minimum atomic E-state index is -0.0879. The monoisotopic (exact) mass is 271 g/mol. The SMILES string of the molecule is O=C1CCC(=O)N1CCc1ccc(Cl)c(Cl)c1. The molecule has 0 bridgehead atoms. The zero-order valence-electron chi connectivity index (χ0n) is 9.08. The normalized spacial score (nSPS) is 15.8. The van der Waals surface area contributed by atoms with Gasteiger partial charge in [0, 0.05) is 19.4 Å². The van der Waals surface area contributed by atoms with E-state index in [0.29, 0.717) is 35.9 Å². The van der Waals surface area contributed by atoms with Crippen molar-refractivity contribution in [1.82, 2.24) is 4.90 Å². The minimum absolute atomic E-state index is 0.0879. The molecule has 90 valence electrons. The van der Waals surface area contributed by atoms with Crippen molar-refractivity contribution in [3.8, 4) is 0 Å². The third kappa shape index (κ3) is 2.79. The van der Waals surface area contributed by atoms with E-state index in [1.165, 1.54) is 4.90 Å². The van der Waals surface area contributed by atoms with Crippen molar-refractivity contribution in [2.45, 2.75) is 19.3 Å². The number of halogens is 2. The van der Waals surface area contributed by atoms with Crippen molar-refractivity contribution in [3.05, 3.63) is 33.8 Å². The van der Waals surface area contributed by atoms with Gasteiger partial charge in [-0.05, 0) is 24.1 Å². The molecule has 1 aliphatic rings. The van der Waals surface area contributed by atoms with E-state index in [4.69, 9.17) is 23.2 Å². The number of likely N-dealkylation sites (tertiary alicyclic amines) is 1. The molecule has 1 saturated heterocycles. The number of nitrogens with zero attached hydrogens (tertiary/aromatic N) is 1. The molecule has 0 aromatic heterocycles. The van der Waals surface area contributed by atoms with Crippen LogP contribution in [0.4, 0.5) is 0 Å². The molecule has 2 amide bonds. The highest BCUT2D eigenvalue weighted by molar-refractivity contribution is 6.42. The van der Waals surface area contributed by atoms with Gasteiger partial charge in [-0.2, -0.15) is 0 Å². The molecular weight excluding hydrogens is 261 g/mol. The highest BCUT2D eigenvalue weighted by Gasteiger charge is 2.28. The van der Waals surface area contributed by atoms with Gasteiger partial charge in [-0.25, -0.2) is 0 Å². The number of carbonyl (C=O) groups is 2. The Morgan fingerprint density at radius 3 is 2.29 bits per heavy atom. The van der Waals surface area contributed by atoms with Gasteiger partial charge in [-0.3, -0.25) is 14.5 Å². The van der Waals surface area contributed by atoms with E-state index in [0.717, 1.165) is 5.56 Å². The van der Waals surface area contributed by atoms with Crippen LogP contribution in [0.3, 0.4) is 0 Å². The maximum Gasteiger partial charge on any atom is 0.229 e. The van der Waals surface area contributed by atoms with Gasteiger partial charge < -0.3 is 0 Å². The van der Waals surface area contributed by atoms with Crippen molar-refractivity contribution in [1.29, 1.82) is 0 Å². The maximum absolute atomic E-state index is 11.4. The zero-order valence-corrected chi connectivity index (χ0v) is 10.6. The Bertz CT molecular complexity index is 458. The lowest BCUT2D eigenvalue weighted by atomic mass is 10.1. The van der Waals surface area contributed by atoms with Gasteiger partial charge in [0.15, 0.2) is 0 Å². The Hall–Kier alpha value is -1.06. The van der Waals surface area contributed by atoms with Crippen LogP contribution in [-0.4, -0.2) is 23.3 Å². The smallest absolute Gasteiger partial charge is 0.229 e. The first kappa shape index (κ1) is 12.4. The van der Waals surface area contributed by atoms with E-state index >= 15 is 0 Å². The minimum Gasteiger partial charge on any atom is -0.282 e. The first-order valence-corrected chi connectivity index (χ1v) is 6.10. The molecule has 0 spiro atoms. The van der Waals surface area contributed by atoms with Crippen LogP contribution in [0.5, 0.6) is 0 Å². The van der Waals surface area contributed by atoms with E-state index in [-0.39, 0.29) is 11.8 Å². The summed E-state index contributed by atoms with van der Waals surface area (Å²) in [5, 5.41) is 0.993. The summed E-state index contributed by atoms with van der Waals surface area (Å²) in [5.41, 5.74) is 0.965. The van der Waals surface area contributed by atoms with Crippen LogP contribution in [-0.2, 0) is 16.0 Å². The number of benzene rings is 1. The molecule has 17 heavy (non-hydrogen) atoms. The Balaban J connectivity index is 2.00. The number of hydrogen-bond acceptors (Lipinski definition) is 2. The van der Waals surface area contributed by atoms with Gasteiger partial charge in [-0.15, -0.1) is 0 Å². The molecule has 0 aliphatic carbocycles. The van der Waals surface area contributed by atoms with E-state index < -0.39 is 0 Å². The second-order valence-electron chi connectivity index (χ2n) is 3.94. The molecule has 1 aromatic rings. The van der Waals surface area contributed by atoms with Crippen molar-refractivity contribution in [2.75, 3.05) is 6.54 Å². The van der Waals surface area contributed by atoms with Crippen molar-refractivity contribution in [2.24, 2.45) is 0 Å². The summed E-state index contributed by atoms with van der Waals surface area (Å²) in [6, 6.07) is 5.32. The fourth-order valence-corrected chi connectivity index (χ4v) is 2.13. The zero-order chi connectivity index (χ0) is 12.4. The molecule has 1 heterocycles. The van der Waals surface area contributed by atoms with E-state index in [9.17, 15) is 9.59 Å². The number of rotatable bonds is 3. The molecule has 1 aromatic carbocycles. The second kappa shape index (κ2) is 5.07. The summed E-state index contributed by atoms with van der Waals surface area (Å²) in [4.78, 5) is 24.1. The number of carbonyl (C=O) groups excluding carboxylic acids is 2. The summed E-state index contributed by atoms with van der Waals surface area (Å²) in [6.45, 7) is 0.412. The van der Waals surface area contributed by atoms with Crippen molar-refractivity contribution in [3.63, 3.8) is 0 Å². The first-order valence-electron chi connectivity index (χ1n) is 5.35. The van der Waals surface area contributed by atoms with Gasteiger partial charge in [0.2, 0.25) is 11.8 Å². The average Bonchev–Trinajstić information content (AvgIpc) is 2.61. The summed E-state index contributed by atoms with van der Waals surface area (Å²) in [7, 11) is 0. The predicted octanol–water partition coefficient (Wildman–Crippen LogP) is 2.68. The predicted molar refractivity (Wildman–Crippen MR) is 66.1 cm³/mol. The van der Waals surface area contributed by atoms with Crippen molar-refractivity contribution < 1.29 is 9.59 Å². The van der Waals surface area contributed by atoms with Crippen LogP contribution in [0.25, 0.3) is 0 Å².